The Balaban J connectivity index is 1.98. The molecule has 0 radical (unpaired) electrons. The quantitative estimate of drug-likeness (QED) is 0.843. The van der Waals surface area contributed by atoms with E-state index in [0.29, 0.717) is 11.0 Å². The van der Waals surface area contributed by atoms with E-state index in [1.807, 2.05) is 31.3 Å². The average molecular weight is 317 g/mol. The van der Waals surface area contributed by atoms with Gasteiger partial charge in [0.15, 0.2) is 0 Å². The number of thiocarbonyl (C=S) groups is 1. The first kappa shape index (κ1) is 14.5. The van der Waals surface area contributed by atoms with Crippen LogP contribution in [0.5, 0.6) is 0 Å². The molecule has 0 aliphatic heterocycles. The molecule has 3 N–H and O–H groups in total. The van der Waals surface area contributed by atoms with Crippen molar-refractivity contribution in [1.29, 1.82) is 0 Å². The van der Waals surface area contributed by atoms with Crippen LogP contribution in [0.4, 0.5) is 5.82 Å². The lowest BCUT2D eigenvalue weighted by atomic mass is 9.94. The Hall–Kier alpha value is -1.46. The molecule has 0 bridgehead atoms. The summed E-state index contributed by atoms with van der Waals surface area (Å²) in [6, 6.07) is 4.55. The highest BCUT2D eigenvalue weighted by Crippen LogP contribution is 2.36. The first-order chi connectivity index (χ1) is 10.1. The lowest BCUT2D eigenvalue weighted by Gasteiger charge is -2.25. The van der Waals surface area contributed by atoms with Crippen LogP contribution in [0.15, 0.2) is 17.5 Å². The van der Waals surface area contributed by atoms with Crippen LogP contribution < -0.4 is 11.1 Å². The minimum Gasteiger partial charge on any atom is -0.389 e. The van der Waals surface area contributed by atoms with Gasteiger partial charge in [-0.1, -0.05) is 12.2 Å². The molecule has 21 heavy (non-hydrogen) atoms. The van der Waals surface area contributed by atoms with E-state index in [4.69, 9.17) is 18.0 Å². The number of thiophene rings is 1. The molecule has 0 fully saturated rings. The SMILES string of the molecule is Cc1cc(C)c(C(N)=S)c(NC2CCCc3sccc32)n1. The van der Waals surface area contributed by atoms with Crippen molar-refractivity contribution in [2.45, 2.75) is 39.2 Å². The zero-order valence-corrected chi connectivity index (χ0v) is 13.9. The minimum atomic E-state index is 0.307. The number of nitrogens with two attached hydrogens (primary N) is 1. The van der Waals surface area contributed by atoms with Crippen LogP contribution in [0.25, 0.3) is 0 Å². The van der Waals surface area contributed by atoms with Gasteiger partial charge >= 0.3 is 0 Å². The number of anilines is 1. The molecule has 110 valence electrons. The maximum absolute atomic E-state index is 5.90. The zero-order chi connectivity index (χ0) is 15.0. The Kier molecular flexibility index (Phi) is 3.95. The van der Waals surface area contributed by atoms with Crippen molar-refractivity contribution in [2.24, 2.45) is 5.73 Å². The third-order valence-corrected chi connectivity index (χ3v) is 5.15. The van der Waals surface area contributed by atoms with Gasteiger partial charge in [0.05, 0.1) is 11.6 Å². The first-order valence-electron chi connectivity index (χ1n) is 7.17. The summed E-state index contributed by atoms with van der Waals surface area (Å²) in [7, 11) is 0. The number of rotatable bonds is 3. The van der Waals surface area contributed by atoms with Crippen LogP contribution in [0.3, 0.4) is 0 Å². The van der Waals surface area contributed by atoms with E-state index in [2.05, 4.69) is 21.7 Å². The Morgan fingerprint density at radius 1 is 1.48 bits per heavy atom. The maximum atomic E-state index is 5.90. The normalized spacial score (nSPS) is 17.3. The number of nitrogens with one attached hydrogen (secondary N) is 1. The third kappa shape index (κ3) is 2.80. The van der Waals surface area contributed by atoms with Gasteiger partial charge < -0.3 is 11.1 Å². The second-order valence-corrected chi connectivity index (χ2v) is 7.00. The summed E-state index contributed by atoms with van der Waals surface area (Å²) in [5.74, 6) is 0.823. The molecule has 2 aromatic rings. The van der Waals surface area contributed by atoms with Gasteiger partial charge in [-0.05, 0) is 61.7 Å². The molecular formula is C16H19N3S2. The Labute approximate surface area is 134 Å². The predicted octanol–water partition coefficient (Wildman–Crippen LogP) is 3.88. The second kappa shape index (κ2) is 5.73. The van der Waals surface area contributed by atoms with Gasteiger partial charge in [-0.2, -0.15) is 0 Å². The molecule has 0 spiro atoms. The highest BCUT2D eigenvalue weighted by molar-refractivity contribution is 7.80. The van der Waals surface area contributed by atoms with Crippen molar-refractivity contribution < 1.29 is 0 Å². The number of hydrogen-bond donors (Lipinski definition) is 2. The lowest BCUT2D eigenvalue weighted by molar-refractivity contribution is 0.606. The summed E-state index contributed by atoms with van der Waals surface area (Å²) >= 11 is 7.05. The van der Waals surface area contributed by atoms with E-state index in [-0.39, 0.29) is 0 Å². The number of hydrogen-bond acceptors (Lipinski definition) is 4. The second-order valence-electron chi connectivity index (χ2n) is 5.56. The van der Waals surface area contributed by atoms with Crippen LogP contribution >= 0.6 is 23.6 Å². The van der Waals surface area contributed by atoms with Gasteiger partial charge in [-0.3, -0.25) is 0 Å². The van der Waals surface area contributed by atoms with Crippen LogP contribution in [0.2, 0.25) is 0 Å². The number of pyridine rings is 1. The summed E-state index contributed by atoms with van der Waals surface area (Å²) < 4.78 is 0. The molecule has 2 aromatic heterocycles. The zero-order valence-electron chi connectivity index (χ0n) is 12.3. The summed E-state index contributed by atoms with van der Waals surface area (Å²) in [6.07, 6.45) is 3.52. The predicted molar refractivity (Wildman–Crippen MR) is 93.2 cm³/mol. The minimum absolute atomic E-state index is 0.307. The van der Waals surface area contributed by atoms with E-state index in [0.717, 1.165) is 29.1 Å². The Bertz CT molecular complexity index is 691. The lowest BCUT2D eigenvalue weighted by Crippen LogP contribution is -2.21. The molecule has 5 heteroatoms. The van der Waals surface area contributed by atoms with Gasteiger partial charge in [0.2, 0.25) is 0 Å². The van der Waals surface area contributed by atoms with Gasteiger partial charge in [-0.25, -0.2) is 4.98 Å². The van der Waals surface area contributed by atoms with Crippen molar-refractivity contribution >= 4 is 34.4 Å². The van der Waals surface area contributed by atoms with E-state index < -0.39 is 0 Å². The van der Waals surface area contributed by atoms with E-state index in [1.54, 1.807) is 0 Å². The highest BCUT2D eigenvalue weighted by Gasteiger charge is 2.23. The summed E-state index contributed by atoms with van der Waals surface area (Å²) in [4.78, 5) is 6.52. The fourth-order valence-corrected chi connectivity index (χ4v) is 4.30. The van der Waals surface area contributed by atoms with Crippen molar-refractivity contribution in [3.05, 3.63) is 44.8 Å². The fourth-order valence-electron chi connectivity index (χ4n) is 3.05. The molecule has 3 rings (SSSR count). The number of fused-ring (bicyclic) bond motifs is 1. The van der Waals surface area contributed by atoms with Crippen molar-refractivity contribution in [3.63, 3.8) is 0 Å². The van der Waals surface area contributed by atoms with Crippen LogP contribution in [-0.4, -0.2) is 9.97 Å². The molecule has 0 aromatic carbocycles. The van der Waals surface area contributed by atoms with Gasteiger partial charge in [0.1, 0.15) is 10.8 Å². The molecule has 0 amide bonds. The van der Waals surface area contributed by atoms with Crippen molar-refractivity contribution in [1.82, 2.24) is 4.98 Å². The summed E-state index contributed by atoms with van der Waals surface area (Å²) in [5, 5.41) is 5.76. The average Bonchev–Trinajstić information content (AvgIpc) is 2.86. The summed E-state index contributed by atoms with van der Waals surface area (Å²) in [6.45, 7) is 4.03. The largest absolute Gasteiger partial charge is 0.389 e. The molecule has 0 saturated heterocycles. The smallest absolute Gasteiger partial charge is 0.137 e. The molecule has 0 saturated carbocycles. The molecule has 1 atom stereocenters. The van der Waals surface area contributed by atoms with Crippen molar-refractivity contribution in [2.75, 3.05) is 5.32 Å². The molecule has 3 nitrogen and oxygen atoms in total. The van der Waals surface area contributed by atoms with Crippen molar-refractivity contribution in [3.8, 4) is 0 Å². The van der Waals surface area contributed by atoms with E-state index in [1.165, 1.54) is 23.3 Å². The van der Waals surface area contributed by atoms with Gasteiger partial charge in [-0.15, -0.1) is 11.3 Å². The highest BCUT2D eigenvalue weighted by atomic mass is 32.1. The van der Waals surface area contributed by atoms with Gasteiger partial charge in [0, 0.05) is 10.6 Å². The van der Waals surface area contributed by atoms with Crippen LogP contribution in [-0.2, 0) is 6.42 Å². The maximum Gasteiger partial charge on any atom is 0.137 e. The Morgan fingerprint density at radius 2 is 2.29 bits per heavy atom. The van der Waals surface area contributed by atoms with E-state index >= 15 is 0 Å². The number of aromatic nitrogens is 1. The van der Waals surface area contributed by atoms with Crippen LogP contribution in [0, 0.1) is 13.8 Å². The molecule has 2 heterocycles. The monoisotopic (exact) mass is 317 g/mol. The molecule has 1 unspecified atom stereocenters. The molecule has 1 aliphatic carbocycles. The summed E-state index contributed by atoms with van der Waals surface area (Å²) in [5.41, 5.74) is 10.2. The number of aryl methyl sites for hydroxylation is 3. The van der Waals surface area contributed by atoms with Crippen LogP contribution in [0.1, 0.15) is 46.1 Å². The standard InChI is InChI=1S/C16H19N3S2/c1-9-8-10(2)18-16(14(9)15(17)20)19-12-4-3-5-13-11(12)6-7-21-13/h6-8,12H,3-5H2,1-2H3,(H2,17,20)(H,18,19). The van der Waals surface area contributed by atoms with Gasteiger partial charge in [0.25, 0.3) is 0 Å². The Morgan fingerprint density at radius 3 is 3.05 bits per heavy atom. The third-order valence-electron chi connectivity index (χ3n) is 3.95. The first-order valence-corrected chi connectivity index (χ1v) is 8.46. The van der Waals surface area contributed by atoms with E-state index in [9.17, 15) is 0 Å². The molecular weight excluding hydrogens is 298 g/mol. The number of nitrogens with zero attached hydrogens (tertiary/aromatic N) is 1. The topological polar surface area (TPSA) is 50.9 Å². The fraction of sp³-hybridized carbons (Fsp3) is 0.375. The molecule has 1 aliphatic rings.